The smallest absolute Gasteiger partial charge is 0.267 e. The first-order valence-corrected chi connectivity index (χ1v) is 7.49. The lowest BCUT2D eigenvalue weighted by atomic mass is 9.87. The van der Waals surface area contributed by atoms with Gasteiger partial charge in [-0.3, -0.25) is 4.79 Å². The van der Waals surface area contributed by atoms with Gasteiger partial charge in [0, 0.05) is 16.9 Å². The van der Waals surface area contributed by atoms with Crippen molar-refractivity contribution in [2.24, 2.45) is 5.92 Å². The van der Waals surface area contributed by atoms with Crippen molar-refractivity contribution in [1.29, 1.82) is 5.26 Å². The zero-order chi connectivity index (χ0) is 14.8. The summed E-state index contributed by atoms with van der Waals surface area (Å²) in [6.45, 7) is 2.27. The lowest BCUT2D eigenvalue weighted by molar-refractivity contribution is 0.0919. The molecule has 1 fully saturated rings. The van der Waals surface area contributed by atoms with Crippen LogP contribution in [0, 0.1) is 17.2 Å². The number of nitrogens with one attached hydrogen (secondary N) is 2. The summed E-state index contributed by atoms with van der Waals surface area (Å²) in [5.74, 6) is 0.722. The van der Waals surface area contributed by atoms with Crippen LogP contribution >= 0.6 is 0 Å². The second-order valence-corrected chi connectivity index (χ2v) is 6.03. The van der Waals surface area contributed by atoms with Crippen molar-refractivity contribution in [3.05, 3.63) is 35.5 Å². The summed E-state index contributed by atoms with van der Waals surface area (Å²) in [5.41, 5.74) is 1.99. The van der Waals surface area contributed by atoms with Crippen LogP contribution in [-0.4, -0.2) is 16.9 Å². The molecule has 0 spiro atoms. The number of fused-ring (bicyclic) bond motifs is 1. The molecule has 0 radical (unpaired) electrons. The number of carbonyl (C=O) groups is 1. The zero-order valence-electron chi connectivity index (χ0n) is 12.1. The lowest BCUT2D eigenvalue weighted by Gasteiger charge is -2.26. The average molecular weight is 281 g/mol. The number of carbonyl (C=O) groups excluding carboxylic acids is 1. The molecule has 1 aliphatic carbocycles. The molecule has 1 heterocycles. The molecule has 21 heavy (non-hydrogen) atoms. The van der Waals surface area contributed by atoms with E-state index in [9.17, 15) is 4.79 Å². The van der Waals surface area contributed by atoms with Gasteiger partial charge in [-0.15, -0.1) is 0 Å². The molecule has 1 aromatic heterocycles. The maximum Gasteiger partial charge on any atom is 0.267 e. The van der Waals surface area contributed by atoms with Crippen molar-refractivity contribution in [1.82, 2.24) is 10.3 Å². The molecule has 1 saturated carbocycles. The number of nitriles is 1. The van der Waals surface area contributed by atoms with Gasteiger partial charge in [0.1, 0.15) is 5.69 Å². The third-order valence-corrected chi connectivity index (χ3v) is 4.35. The summed E-state index contributed by atoms with van der Waals surface area (Å²) < 4.78 is 0. The molecule has 2 aromatic rings. The Hall–Kier alpha value is -2.28. The second kappa shape index (κ2) is 5.61. The number of benzene rings is 1. The van der Waals surface area contributed by atoms with E-state index in [0.29, 0.717) is 11.3 Å². The summed E-state index contributed by atoms with van der Waals surface area (Å²) >= 11 is 0. The van der Waals surface area contributed by atoms with Gasteiger partial charge in [-0.2, -0.15) is 5.26 Å². The molecule has 0 bridgehead atoms. The molecular weight excluding hydrogens is 262 g/mol. The minimum absolute atomic E-state index is 0.0516. The summed E-state index contributed by atoms with van der Waals surface area (Å²) in [4.78, 5) is 15.4. The maximum absolute atomic E-state index is 12.3. The van der Waals surface area contributed by atoms with Gasteiger partial charge in [0.05, 0.1) is 11.6 Å². The van der Waals surface area contributed by atoms with Gasteiger partial charge in [-0.1, -0.05) is 13.0 Å². The predicted octanol–water partition coefficient (Wildman–Crippen LogP) is 3.35. The van der Waals surface area contributed by atoms with Gasteiger partial charge < -0.3 is 10.3 Å². The van der Waals surface area contributed by atoms with Crippen molar-refractivity contribution in [2.45, 2.75) is 38.6 Å². The zero-order valence-corrected chi connectivity index (χ0v) is 12.1. The van der Waals surface area contributed by atoms with E-state index in [4.69, 9.17) is 5.26 Å². The van der Waals surface area contributed by atoms with Gasteiger partial charge in [0.2, 0.25) is 0 Å². The number of nitrogens with zero attached hydrogens (tertiary/aromatic N) is 1. The van der Waals surface area contributed by atoms with Gasteiger partial charge in [-0.05, 0) is 49.8 Å². The Bertz CT molecular complexity index is 702. The molecule has 1 aromatic carbocycles. The monoisotopic (exact) mass is 281 g/mol. The van der Waals surface area contributed by atoms with E-state index in [1.807, 2.05) is 12.1 Å². The highest BCUT2D eigenvalue weighted by Gasteiger charge is 2.21. The SMILES string of the molecule is CC1CCC(NC(=O)c2cc3ccc(C#N)cc3[nH]2)CC1. The van der Waals surface area contributed by atoms with Crippen LogP contribution in [0.4, 0.5) is 0 Å². The molecule has 4 nitrogen and oxygen atoms in total. The Kier molecular flexibility index (Phi) is 3.66. The molecule has 3 rings (SSSR count). The first kappa shape index (κ1) is 13.7. The summed E-state index contributed by atoms with van der Waals surface area (Å²) in [6.07, 6.45) is 4.49. The highest BCUT2D eigenvalue weighted by molar-refractivity contribution is 5.98. The standard InChI is InChI=1S/C17H19N3O/c1-11-2-6-14(7-3-11)19-17(21)16-9-13-5-4-12(10-18)8-15(13)20-16/h4-5,8-9,11,14,20H,2-3,6-7H2,1H3,(H,19,21). The molecule has 4 heteroatoms. The molecule has 1 amide bonds. The largest absolute Gasteiger partial charge is 0.350 e. The molecule has 0 saturated heterocycles. The third kappa shape index (κ3) is 2.92. The summed E-state index contributed by atoms with van der Waals surface area (Å²) in [6, 6.07) is 9.64. The Morgan fingerprint density at radius 1 is 1.29 bits per heavy atom. The number of hydrogen-bond acceptors (Lipinski definition) is 2. The first-order valence-electron chi connectivity index (χ1n) is 7.49. The normalized spacial score (nSPS) is 21.9. The Balaban J connectivity index is 1.74. The molecule has 0 atom stereocenters. The number of rotatable bonds is 2. The van der Waals surface area contributed by atoms with Crippen molar-refractivity contribution in [3.8, 4) is 6.07 Å². The van der Waals surface area contributed by atoms with Crippen molar-refractivity contribution in [3.63, 3.8) is 0 Å². The van der Waals surface area contributed by atoms with Crippen LogP contribution in [0.1, 0.15) is 48.7 Å². The molecular formula is C17H19N3O. The second-order valence-electron chi connectivity index (χ2n) is 6.03. The highest BCUT2D eigenvalue weighted by atomic mass is 16.1. The van der Waals surface area contributed by atoms with E-state index >= 15 is 0 Å². The van der Waals surface area contributed by atoms with E-state index in [2.05, 4.69) is 23.3 Å². The number of amides is 1. The summed E-state index contributed by atoms with van der Waals surface area (Å²) in [5, 5.41) is 13.0. The highest BCUT2D eigenvalue weighted by Crippen LogP contribution is 2.24. The van der Waals surface area contributed by atoms with Crippen LogP contribution in [0.15, 0.2) is 24.3 Å². The fourth-order valence-corrected chi connectivity index (χ4v) is 2.99. The van der Waals surface area contributed by atoms with Gasteiger partial charge >= 0.3 is 0 Å². The van der Waals surface area contributed by atoms with Gasteiger partial charge in [-0.25, -0.2) is 0 Å². The van der Waals surface area contributed by atoms with Crippen LogP contribution in [0.25, 0.3) is 10.9 Å². The molecule has 0 unspecified atom stereocenters. The van der Waals surface area contributed by atoms with E-state index < -0.39 is 0 Å². The first-order chi connectivity index (χ1) is 10.2. The number of aromatic nitrogens is 1. The minimum atomic E-state index is -0.0516. The van der Waals surface area contributed by atoms with E-state index in [1.165, 1.54) is 12.8 Å². The molecule has 2 N–H and O–H groups in total. The van der Waals surface area contributed by atoms with Crippen molar-refractivity contribution >= 4 is 16.8 Å². The Morgan fingerprint density at radius 2 is 2.05 bits per heavy atom. The molecule has 108 valence electrons. The van der Waals surface area contributed by atoms with E-state index in [1.54, 1.807) is 12.1 Å². The topological polar surface area (TPSA) is 68.7 Å². The fraction of sp³-hybridized carbons (Fsp3) is 0.412. The molecule has 0 aliphatic heterocycles. The Labute approximate surface area is 124 Å². The lowest BCUT2D eigenvalue weighted by Crippen LogP contribution is -2.37. The van der Waals surface area contributed by atoms with Crippen molar-refractivity contribution in [2.75, 3.05) is 0 Å². The Morgan fingerprint density at radius 3 is 2.76 bits per heavy atom. The number of H-pyrrole nitrogens is 1. The number of aromatic amines is 1. The maximum atomic E-state index is 12.3. The van der Waals surface area contributed by atoms with Gasteiger partial charge in [0.25, 0.3) is 5.91 Å². The van der Waals surface area contributed by atoms with Crippen molar-refractivity contribution < 1.29 is 4.79 Å². The number of hydrogen-bond donors (Lipinski definition) is 2. The predicted molar refractivity (Wildman–Crippen MR) is 81.9 cm³/mol. The van der Waals surface area contributed by atoms with Crippen LogP contribution in [0.2, 0.25) is 0 Å². The third-order valence-electron chi connectivity index (χ3n) is 4.35. The minimum Gasteiger partial charge on any atom is -0.350 e. The molecule has 1 aliphatic rings. The van der Waals surface area contributed by atoms with E-state index in [0.717, 1.165) is 29.7 Å². The van der Waals surface area contributed by atoms with Crippen LogP contribution in [0.3, 0.4) is 0 Å². The quantitative estimate of drug-likeness (QED) is 0.886. The fourth-order valence-electron chi connectivity index (χ4n) is 2.99. The van der Waals surface area contributed by atoms with Crippen LogP contribution in [0.5, 0.6) is 0 Å². The average Bonchev–Trinajstić information content (AvgIpc) is 2.92. The van der Waals surface area contributed by atoms with Crippen LogP contribution in [-0.2, 0) is 0 Å². The van der Waals surface area contributed by atoms with E-state index in [-0.39, 0.29) is 11.9 Å². The summed E-state index contributed by atoms with van der Waals surface area (Å²) in [7, 11) is 0. The van der Waals surface area contributed by atoms with Crippen LogP contribution < -0.4 is 5.32 Å². The van der Waals surface area contributed by atoms with Gasteiger partial charge in [0.15, 0.2) is 0 Å².